The van der Waals surface area contributed by atoms with Gasteiger partial charge in [0.15, 0.2) is 5.82 Å². The van der Waals surface area contributed by atoms with Crippen LogP contribution in [0.2, 0.25) is 0 Å². The molecule has 3 saturated heterocycles. The zero-order chi connectivity index (χ0) is 17.1. The number of nitrogens with zero attached hydrogens (tertiary/aromatic N) is 2. The van der Waals surface area contributed by atoms with Crippen LogP contribution in [0.15, 0.2) is 6.07 Å². The van der Waals surface area contributed by atoms with E-state index >= 15 is 4.39 Å². The summed E-state index contributed by atoms with van der Waals surface area (Å²) < 4.78 is 30.0. The largest absolute Gasteiger partial charge is 0.360 e. The lowest BCUT2D eigenvalue weighted by molar-refractivity contribution is 0.0671. The van der Waals surface area contributed by atoms with Crippen LogP contribution in [0.1, 0.15) is 35.2 Å². The number of piperidine rings is 2. The molecule has 1 amide bonds. The molecular formula is C18H22F2N4O. The standard InChI is InChI=1S/C18H22F2N4O/c19-14-5-15(24-11-4-12(24)8-22-7-11)17(20)13-9-23(18(25)16(13)14)10-2-1-3-21-6-10/h5,10-12,21-22H,1-4,6-9H2. The SMILES string of the molecule is O=C1c2c(F)cc(N3C4CNCC3C4)c(F)c2CN1C1CCCNC1. The third-order valence-electron chi connectivity index (χ3n) is 6.18. The summed E-state index contributed by atoms with van der Waals surface area (Å²) in [5, 5.41) is 6.57. The van der Waals surface area contributed by atoms with Crippen molar-refractivity contribution in [2.24, 2.45) is 0 Å². The van der Waals surface area contributed by atoms with E-state index in [4.69, 9.17) is 0 Å². The van der Waals surface area contributed by atoms with Crippen molar-refractivity contribution in [2.45, 2.75) is 43.9 Å². The molecule has 1 aromatic rings. The maximum atomic E-state index is 15.2. The van der Waals surface area contributed by atoms with Gasteiger partial charge in [-0.1, -0.05) is 0 Å². The number of halogens is 2. The topological polar surface area (TPSA) is 47.6 Å². The van der Waals surface area contributed by atoms with E-state index < -0.39 is 11.6 Å². The molecule has 2 bridgehead atoms. The molecule has 4 heterocycles. The fourth-order valence-corrected chi connectivity index (χ4v) is 4.89. The highest BCUT2D eigenvalue weighted by molar-refractivity contribution is 5.99. The Morgan fingerprint density at radius 1 is 1.08 bits per heavy atom. The average Bonchev–Trinajstić information content (AvgIpc) is 2.99. The summed E-state index contributed by atoms with van der Waals surface area (Å²) in [5.74, 6) is -1.36. The first-order chi connectivity index (χ1) is 12.1. The highest BCUT2D eigenvalue weighted by Gasteiger charge is 2.45. The minimum absolute atomic E-state index is 0.0171. The zero-order valence-corrected chi connectivity index (χ0v) is 14.0. The molecule has 0 spiro atoms. The van der Waals surface area contributed by atoms with E-state index in [0.717, 1.165) is 38.9 Å². The summed E-state index contributed by atoms with van der Waals surface area (Å²) in [6.45, 7) is 3.40. The Morgan fingerprint density at radius 3 is 2.52 bits per heavy atom. The predicted octanol–water partition coefficient (Wildman–Crippen LogP) is 1.22. The van der Waals surface area contributed by atoms with Gasteiger partial charge in [0, 0.05) is 49.4 Å². The van der Waals surface area contributed by atoms with E-state index in [2.05, 4.69) is 10.6 Å². The van der Waals surface area contributed by atoms with Gasteiger partial charge in [-0.15, -0.1) is 0 Å². The van der Waals surface area contributed by atoms with Crippen molar-refractivity contribution in [1.29, 1.82) is 0 Å². The van der Waals surface area contributed by atoms with Crippen molar-refractivity contribution in [3.8, 4) is 0 Å². The van der Waals surface area contributed by atoms with Crippen LogP contribution in [0.3, 0.4) is 0 Å². The Bertz CT molecular complexity index is 720. The van der Waals surface area contributed by atoms with Crippen LogP contribution < -0.4 is 15.5 Å². The number of carbonyl (C=O) groups excluding carboxylic acids is 1. The van der Waals surface area contributed by atoms with E-state index in [0.29, 0.717) is 12.2 Å². The second-order valence-electron chi connectivity index (χ2n) is 7.59. The number of amides is 1. The number of piperazine rings is 1. The monoisotopic (exact) mass is 348 g/mol. The van der Waals surface area contributed by atoms with Gasteiger partial charge in [-0.05, 0) is 25.8 Å². The van der Waals surface area contributed by atoms with Gasteiger partial charge in [0.05, 0.1) is 17.8 Å². The van der Waals surface area contributed by atoms with Crippen molar-refractivity contribution in [1.82, 2.24) is 15.5 Å². The molecule has 7 heteroatoms. The second-order valence-corrected chi connectivity index (χ2v) is 7.59. The van der Waals surface area contributed by atoms with Gasteiger partial charge < -0.3 is 20.4 Å². The zero-order valence-electron chi connectivity index (χ0n) is 14.0. The second kappa shape index (κ2) is 5.64. The Kier molecular flexibility index (Phi) is 3.50. The number of carbonyl (C=O) groups is 1. The average molecular weight is 348 g/mol. The summed E-state index contributed by atoms with van der Waals surface area (Å²) in [4.78, 5) is 16.3. The lowest BCUT2D eigenvalue weighted by Crippen LogP contribution is -2.68. The first-order valence-electron chi connectivity index (χ1n) is 9.16. The van der Waals surface area contributed by atoms with E-state index in [9.17, 15) is 9.18 Å². The molecule has 4 aliphatic rings. The molecule has 5 nitrogen and oxygen atoms in total. The van der Waals surface area contributed by atoms with Crippen LogP contribution in [0, 0.1) is 11.6 Å². The van der Waals surface area contributed by atoms with Crippen LogP contribution in [0.5, 0.6) is 0 Å². The first kappa shape index (κ1) is 15.5. The van der Waals surface area contributed by atoms with Gasteiger partial charge in [0.2, 0.25) is 0 Å². The smallest absolute Gasteiger partial charge is 0.257 e. The Morgan fingerprint density at radius 2 is 1.84 bits per heavy atom. The molecule has 1 aromatic carbocycles. The number of fused-ring (bicyclic) bond motifs is 3. The molecule has 3 fully saturated rings. The summed E-state index contributed by atoms with van der Waals surface area (Å²) in [5.41, 5.74) is 0.509. The molecule has 0 aromatic heterocycles. The normalized spacial score (nSPS) is 31.1. The highest BCUT2D eigenvalue weighted by atomic mass is 19.1. The van der Waals surface area contributed by atoms with Gasteiger partial charge in [-0.2, -0.15) is 0 Å². The third-order valence-corrected chi connectivity index (χ3v) is 6.18. The molecule has 3 atom stereocenters. The van der Waals surface area contributed by atoms with E-state index in [1.165, 1.54) is 6.07 Å². The molecule has 0 saturated carbocycles. The van der Waals surface area contributed by atoms with E-state index in [-0.39, 0.29) is 41.7 Å². The maximum Gasteiger partial charge on any atom is 0.257 e. The molecule has 134 valence electrons. The summed E-state index contributed by atoms with van der Waals surface area (Å²) in [6.07, 6.45) is 2.87. The summed E-state index contributed by atoms with van der Waals surface area (Å²) in [6, 6.07) is 1.70. The van der Waals surface area contributed by atoms with Crippen LogP contribution >= 0.6 is 0 Å². The molecule has 3 unspecified atom stereocenters. The minimum atomic E-state index is -0.583. The third kappa shape index (κ3) is 2.22. The molecular weight excluding hydrogens is 326 g/mol. The van der Waals surface area contributed by atoms with Crippen molar-refractivity contribution in [3.05, 3.63) is 28.8 Å². The van der Waals surface area contributed by atoms with Gasteiger partial charge in [-0.3, -0.25) is 4.79 Å². The number of hydrogen-bond acceptors (Lipinski definition) is 4. The van der Waals surface area contributed by atoms with Crippen molar-refractivity contribution in [2.75, 3.05) is 31.1 Å². The van der Waals surface area contributed by atoms with Crippen LogP contribution in [-0.4, -0.2) is 55.1 Å². The van der Waals surface area contributed by atoms with Crippen LogP contribution in [0.25, 0.3) is 0 Å². The fourth-order valence-electron chi connectivity index (χ4n) is 4.89. The molecule has 0 aliphatic carbocycles. The number of nitrogens with one attached hydrogen (secondary N) is 2. The van der Waals surface area contributed by atoms with Crippen LogP contribution in [-0.2, 0) is 6.54 Å². The molecule has 25 heavy (non-hydrogen) atoms. The number of benzene rings is 1. The van der Waals surface area contributed by atoms with Gasteiger partial charge >= 0.3 is 0 Å². The minimum Gasteiger partial charge on any atom is -0.360 e. The Balaban J connectivity index is 1.50. The highest BCUT2D eigenvalue weighted by Crippen LogP contribution is 2.41. The number of hydrogen-bond donors (Lipinski definition) is 2. The summed E-state index contributed by atoms with van der Waals surface area (Å²) in [7, 11) is 0. The van der Waals surface area contributed by atoms with E-state index in [1.807, 2.05) is 4.90 Å². The molecule has 0 radical (unpaired) electrons. The summed E-state index contributed by atoms with van der Waals surface area (Å²) >= 11 is 0. The van der Waals surface area contributed by atoms with Crippen molar-refractivity contribution < 1.29 is 13.6 Å². The maximum absolute atomic E-state index is 15.2. The van der Waals surface area contributed by atoms with Gasteiger partial charge in [-0.25, -0.2) is 8.78 Å². The quantitative estimate of drug-likeness (QED) is 0.844. The lowest BCUT2D eigenvalue weighted by Gasteiger charge is -2.54. The predicted molar refractivity (Wildman–Crippen MR) is 89.7 cm³/mol. The molecule has 2 N–H and O–H groups in total. The number of anilines is 1. The number of rotatable bonds is 2. The molecule has 4 aliphatic heterocycles. The van der Waals surface area contributed by atoms with Crippen LogP contribution in [0.4, 0.5) is 14.5 Å². The molecule has 5 rings (SSSR count). The Labute approximate surface area is 145 Å². The van der Waals surface area contributed by atoms with Gasteiger partial charge in [0.1, 0.15) is 5.82 Å². The van der Waals surface area contributed by atoms with Crippen molar-refractivity contribution in [3.63, 3.8) is 0 Å². The lowest BCUT2D eigenvalue weighted by atomic mass is 9.87. The van der Waals surface area contributed by atoms with Gasteiger partial charge in [0.25, 0.3) is 5.91 Å². The first-order valence-corrected chi connectivity index (χ1v) is 9.16. The Hall–Kier alpha value is -1.73. The van der Waals surface area contributed by atoms with Crippen molar-refractivity contribution >= 4 is 11.6 Å². The fraction of sp³-hybridized carbons (Fsp3) is 0.611. The van der Waals surface area contributed by atoms with E-state index in [1.54, 1.807) is 4.90 Å².